The maximum atomic E-state index is 12.1. The molecular weight excluding hydrogens is 252 g/mol. The Hall–Kier alpha value is -2.43. The number of nitrogens with one attached hydrogen (secondary N) is 2. The average Bonchev–Trinajstić information content (AvgIpc) is 2.49. The van der Waals surface area contributed by atoms with E-state index in [9.17, 15) is 4.79 Å². The largest absolute Gasteiger partial charge is 0.325 e. The van der Waals surface area contributed by atoms with Gasteiger partial charge in [0.05, 0.1) is 5.54 Å². The van der Waals surface area contributed by atoms with E-state index < -0.39 is 5.54 Å². The molecule has 0 aliphatic rings. The number of rotatable bonds is 4. The van der Waals surface area contributed by atoms with Gasteiger partial charge in [0, 0.05) is 18.1 Å². The van der Waals surface area contributed by atoms with Gasteiger partial charge in [0.25, 0.3) is 0 Å². The van der Waals surface area contributed by atoms with Crippen LogP contribution in [0.25, 0.3) is 0 Å². The van der Waals surface area contributed by atoms with Crippen molar-refractivity contribution in [2.24, 2.45) is 0 Å². The average molecular weight is 270 g/mol. The first-order valence-electron chi connectivity index (χ1n) is 6.56. The van der Waals surface area contributed by atoms with Crippen molar-refractivity contribution in [1.82, 2.24) is 15.3 Å². The molecule has 1 atom stereocenters. The van der Waals surface area contributed by atoms with E-state index in [1.165, 1.54) is 0 Å². The van der Waals surface area contributed by atoms with Crippen LogP contribution in [0.5, 0.6) is 0 Å². The molecule has 0 spiro atoms. The summed E-state index contributed by atoms with van der Waals surface area (Å²) in [5, 5.41) is 5.73. The summed E-state index contributed by atoms with van der Waals surface area (Å²) in [5.74, 6) is 0.603. The zero-order valence-corrected chi connectivity index (χ0v) is 11.6. The van der Waals surface area contributed by atoms with E-state index in [0.29, 0.717) is 12.2 Å². The summed E-state index contributed by atoms with van der Waals surface area (Å²) in [5.41, 5.74) is 0.151. The molecule has 104 valence electrons. The monoisotopic (exact) mass is 270 g/mol. The number of para-hydroxylation sites is 1. The van der Waals surface area contributed by atoms with Crippen LogP contribution in [0.15, 0.2) is 48.8 Å². The van der Waals surface area contributed by atoms with Crippen molar-refractivity contribution in [1.29, 1.82) is 0 Å². The Bertz CT molecular complexity index is 559. The van der Waals surface area contributed by atoms with Crippen molar-refractivity contribution in [2.75, 3.05) is 5.32 Å². The predicted octanol–water partition coefficient (Wildman–Crippen LogP) is 2.92. The topological polar surface area (TPSA) is 66.9 Å². The first kappa shape index (κ1) is 14.0. The molecule has 0 aliphatic heterocycles. The molecule has 1 unspecified atom stereocenters. The Morgan fingerprint density at radius 2 is 1.80 bits per heavy atom. The molecule has 1 aromatic carbocycles. The molecule has 2 rings (SSSR count). The summed E-state index contributed by atoms with van der Waals surface area (Å²) in [6.45, 7) is 3.89. The van der Waals surface area contributed by atoms with Gasteiger partial charge in [-0.3, -0.25) is 0 Å². The van der Waals surface area contributed by atoms with Gasteiger partial charge in [-0.05, 0) is 31.5 Å². The number of benzene rings is 1. The van der Waals surface area contributed by atoms with Gasteiger partial charge in [-0.15, -0.1) is 0 Å². The van der Waals surface area contributed by atoms with E-state index >= 15 is 0 Å². The number of hydrogen-bond acceptors (Lipinski definition) is 3. The molecular formula is C15H18N4O. The third kappa shape index (κ3) is 3.32. The number of carbonyl (C=O) groups is 1. The van der Waals surface area contributed by atoms with Crippen molar-refractivity contribution in [3.8, 4) is 0 Å². The molecule has 0 aliphatic carbocycles. The van der Waals surface area contributed by atoms with Crippen LogP contribution in [0.2, 0.25) is 0 Å². The van der Waals surface area contributed by atoms with Gasteiger partial charge in [-0.1, -0.05) is 25.1 Å². The quantitative estimate of drug-likeness (QED) is 0.897. The Balaban J connectivity index is 2.08. The smallest absolute Gasteiger partial charge is 0.320 e. The molecule has 0 saturated heterocycles. The summed E-state index contributed by atoms with van der Waals surface area (Å²) in [4.78, 5) is 20.5. The molecule has 1 aromatic heterocycles. The van der Waals surface area contributed by atoms with Crippen molar-refractivity contribution < 1.29 is 4.79 Å². The van der Waals surface area contributed by atoms with Crippen LogP contribution in [-0.4, -0.2) is 16.0 Å². The van der Waals surface area contributed by atoms with Crippen LogP contribution in [0.1, 0.15) is 26.1 Å². The van der Waals surface area contributed by atoms with Crippen LogP contribution < -0.4 is 10.6 Å². The maximum absolute atomic E-state index is 12.1. The fourth-order valence-electron chi connectivity index (χ4n) is 1.82. The Kier molecular flexibility index (Phi) is 4.30. The maximum Gasteiger partial charge on any atom is 0.320 e. The van der Waals surface area contributed by atoms with Gasteiger partial charge in [0.15, 0.2) is 5.82 Å². The van der Waals surface area contributed by atoms with E-state index in [2.05, 4.69) is 20.6 Å². The third-order valence-corrected chi connectivity index (χ3v) is 3.19. The lowest BCUT2D eigenvalue weighted by Crippen LogP contribution is -2.46. The normalized spacial score (nSPS) is 13.3. The summed E-state index contributed by atoms with van der Waals surface area (Å²) >= 11 is 0. The number of amides is 2. The van der Waals surface area contributed by atoms with Gasteiger partial charge >= 0.3 is 6.03 Å². The highest BCUT2D eigenvalue weighted by Gasteiger charge is 2.29. The highest BCUT2D eigenvalue weighted by atomic mass is 16.2. The predicted molar refractivity (Wildman–Crippen MR) is 78.3 cm³/mol. The molecule has 5 nitrogen and oxygen atoms in total. The molecule has 2 aromatic rings. The van der Waals surface area contributed by atoms with Gasteiger partial charge < -0.3 is 10.6 Å². The molecule has 5 heteroatoms. The molecule has 0 fully saturated rings. The molecule has 0 radical (unpaired) electrons. The van der Waals surface area contributed by atoms with Gasteiger partial charge in [-0.2, -0.15) is 0 Å². The fourth-order valence-corrected chi connectivity index (χ4v) is 1.82. The van der Waals surface area contributed by atoms with E-state index in [4.69, 9.17) is 0 Å². The first-order valence-corrected chi connectivity index (χ1v) is 6.56. The Morgan fingerprint density at radius 3 is 2.40 bits per heavy atom. The van der Waals surface area contributed by atoms with Crippen molar-refractivity contribution in [3.63, 3.8) is 0 Å². The van der Waals surface area contributed by atoms with Gasteiger partial charge in [-0.25, -0.2) is 14.8 Å². The molecule has 0 bridgehead atoms. The SMILES string of the molecule is CCC(C)(NC(=O)Nc1ccccc1)c1ncccn1. The summed E-state index contributed by atoms with van der Waals surface area (Å²) < 4.78 is 0. The first-order chi connectivity index (χ1) is 9.64. The minimum absolute atomic E-state index is 0.270. The van der Waals surface area contributed by atoms with E-state index in [0.717, 1.165) is 5.69 Å². The Labute approximate surface area is 118 Å². The molecule has 20 heavy (non-hydrogen) atoms. The van der Waals surface area contributed by atoms with Crippen molar-refractivity contribution >= 4 is 11.7 Å². The standard InChI is InChI=1S/C15H18N4O/c1-3-15(2,13-16-10-7-11-17-13)19-14(20)18-12-8-5-4-6-9-12/h4-11H,3H2,1-2H3,(H2,18,19,20). The van der Waals surface area contributed by atoms with Crippen molar-refractivity contribution in [2.45, 2.75) is 25.8 Å². The number of carbonyl (C=O) groups excluding carboxylic acids is 1. The summed E-state index contributed by atoms with van der Waals surface area (Å²) in [7, 11) is 0. The zero-order valence-electron chi connectivity index (χ0n) is 11.6. The number of aromatic nitrogens is 2. The van der Waals surface area contributed by atoms with E-state index in [1.807, 2.05) is 44.2 Å². The zero-order chi connectivity index (χ0) is 14.4. The van der Waals surface area contributed by atoms with E-state index in [1.54, 1.807) is 18.5 Å². The number of nitrogens with zero attached hydrogens (tertiary/aromatic N) is 2. The lowest BCUT2D eigenvalue weighted by Gasteiger charge is -2.27. The minimum Gasteiger partial charge on any atom is -0.325 e. The number of anilines is 1. The second kappa shape index (κ2) is 6.14. The molecule has 0 saturated carbocycles. The summed E-state index contributed by atoms with van der Waals surface area (Å²) in [6, 6.07) is 10.8. The molecule has 2 N–H and O–H groups in total. The molecule has 1 heterocycles. The lowest BCUT2D eigenvalue weighted by atomic mass is 9.98. The van der Waals surface area contributed by atoms with E-state index in [-0.39, 0.29) is 6.03 Å². The van der Waals surface area contributed by atoms with Crippen LogP contribution in [0.3, 0.4) is 0 Å². The summed E-state index contributed by atoms with van der Waals surface area (Å²) in [6.07, 6.45) is 4.04. The van der Waals surface area contributed by atoms with Crippen molar-refractivity contribution in [3.05, 3.63) is 54.6 Å². The highest BCUT2D eigenvalue weighted by molar-refractivity contribution is 5.89. The number of hydrogen-bond donors (Lipinski definition) is 2. The second-order valence-corrected chi connectivity index (χ2v) is 4.70. The van der Waals surface area contributed by atoms with Crippen LogP contribution >= 0.6 is 0 Å². The fraction of sp³-hybridized carbons (Fsp3) is 0.267. The number of urea groups is 1. The second-order valence-electron chi connectivity index (χ2n) is 4.70. The van der Waals surface area contributed by atoms with Gasteiger partial charge in [0.2, 0.25) is 0 Å². The minimum atomic E-state index is -0.597. The van der Waals surface area contributed by atoms with Crippen LogP contribution in [0.4, 0.5) is 10.5 Å². The third-order valence-electron chi connectivity index (χ3n) is 3.19. The van der Waals surface area contributed by atoms with Crippen LogP contribution in [0, 0.1) is 0 Å². The van der Waals surface area contributed by atoms with Gasteiger partial charge in [0.1, 0.15) is 0 Å². The highest BCUT2D eigenvalue weighted by Crippen LogP contribution is 2.20. The molecule has 2 amide bonds. The lowest BCUT2D eigenvalue weighted by molar-refractivity contribution is 0.235. The Morgan fingerprint density at radius 1 is 1.15 bits per heavy atom. The van der Waals surface area contributed by atoms with Crippen LogP contribution in [-0.2, 0) is 5.54 Å².